The van der Waals surface area contributed by atoms with Gasteiger partial charge in [-0.25, -0.2) is 5.43 Å². The van der Waals surface area contributed by atoms with Crippen molar-refractivity contribution in [3.8, 4) is 0 Å². The highest BCUT2D eigenvalue weighted by atomic mass is 16.5. The van der Waals surface area contributed by atoms with Crippen molar-refractivity contribution in [2.24, 2.45) is 11.5 Å². The van der Waals surface area contributed by atoms with E-state index in [0.717, 1.165) is 39.3 Å². The molecule has 0 aromatic rings. The lowest BCUT2D eigenvalue weighted by molar-refractivity contribution is 0.0348. The van der Waals surface area contributed by atoms with E-state index in [9.17, 15) is 0 Å². The van der Waals surface area contributed by atoms with Crippen LogP contribution in [0.25, 0.3) is 0 Å². The molecule has 2 rings (SSSR count). The van der Waals surface area contributed by atoms with Crippen LogP contribution >= 0.6 is 0 Å². The van der Waals surface area contributed by atoms with Gasteiger partial charge in [0.1, 0.15) is 11.5 Å². The van der Waals surface area contributed by atoms with E-state index < -0.39 is 5.66 Å². The Morgan fingerprint density at radius 2 is 2.20 bits per heavy atom. The van der Waals surface area contributed by atoms with Crippen LogP contribution in [0, 0.1) is 0 Å². The van der Waals surface area contributed by atoms with Crippen molar-refractivity contribution in [2.75, 3.05) is 32.8 Å². The van der Waals surface area contributed by atoms with Gasteiger partial charge in [-0.15, -0.1) is 0 Å². The summed E-state index contributed by atoms with van der Waals surface area (Å²) in [5, 5.41) is 0. The molecule has 1 atom stereocenters. The molecule has 1 unspecified atom stereocenters. The van der Waals surface area contributed by atoms with Gasteiger partial charge in [-0.3, -0.25) is 4.90 Å². The van der Waals surface area contributed by atoms with Crippen LogP contribution in [-0.4, -0.2) is 43.4 Å². The molecule has 6 heteroatoms. The molecule has 0 aromatic carbocycles. The molecule has 0 amide bonds. The number of rotatable bonds is 3. The van der Waals surface area contributed by atoms with Crippen LogP contribution in [-0.2, 0) is 4.74 Å². The van der Waals surface area contributed by atoms with Gasteiger partial charge in [-0.2, -0.15) is 0 Å². The highest BCUT2D eigenvalue weighted by Gasteiger charge is 2.27. The molecule has 2 heterocycles. The minimum Gasteiger partial charge on any atom is -0.385 e. The lowest BCUT2D eigenvalue weighted by Crippen LogP contribution is -2.54. The van der Waals surface area contributed by atoms with E-state index in [4.69, 9.17) is 16.2 Å². The van der Waals surface area contributed by atoms with E-state index in [-0.39, 0.29) is 0 Å². The Morgan fingerprint density at radius 1 is 1.47 bits per heavy atom. The number of hydrazine groups is 1. The van der Waals surface area contributed by atoms with E-state index >= 15 is 0 Å². The highest BCUT2D eigenvalue weighted by Crippen LogP contribution is 2.11. The SMILES string of the molecule is NC1=CC(N)(CCN2CCOCC2)NN1. The Morgan fingerprint density at radius 3 is 2.80 bits per heavy atom. The number of hydrogen-bond donors (Lipinski definition) is 4. The van der Waals surface area contributed by atoms with Crippen molar-refractivity contribution in [3.63, 3.8) is 0 Å². The summed E-state index contributed by atoms with van der Waals surface area (Å²) in [6.45, 7) is 4.58. The molecule has 2 aliphatic heterocycles. The number of ether oxygens (including phenoxy) is 1. The molecule has 6 nitrogen and oxygen atoms in total. The van der Waals surface area contributed by atoms with Crippen LogP contribution < -0.4 is 22.3 Å². The van der Waals surface area contributed by atoms with E-state index in [1.807, 2.05) is 6.08 Å². The molecule has 86 valence electrons. The second-order valence-corrected chi connectivity index (χ2v) is 4.09. The monoisotopic (exact) mass is 213 g/mol. The quantitative estimate of drug-likeness (QED) is 0.446. The smallest absolute Gasteiger partial charge is 0.110 e. The first-order valence-corrected chi connectivity index (χ1v) is 5.28. The third kappa shape index (κ3) is 2.82. The first kappa shape index (κ1) is 10.7. The minimum absolute atomic E-state index is 0.512. The molecular weight excluding hydrogens is 194 g/mol. The van der Waals surface area contributed by atoms with Crippen LogP contribution in [0.5, 0.6) is 0 Å². The van der Waals surface area contributed by atoms with Crippen LogP contribution in [0.4, 0.5) is 0 Å². The van der Waals surface area contributed by atoms with Crippen LogP contribution in [0.15, 0.2) is 11.9 Å². The van der Waals surface area contributed by atoms with Crippen molar-refractivity contribution in [3.05, 3.63) is 11.9 Å². The summed E-state index contributed by atoms with van der Waals surface area (Å²) in [6, 6.07) is 0. The molecule has 6 N–H and O–H groups in total. The normalized spacial score (nSPS) is 32.5. The van der Waals surface area contributed by atoms with Gasteiger partial charge in [0.05, 0.1) is 13.2 Å². The predicted octanol–water partition coefficient (Wildman–Crippen LogP) is -1.73. The van der Waals surface area contributed by atoms with Crippen molar-refractivity contribution >= 4 is 0 Å². The van der Waals surface area contributed by atoms with Crippen molar-refractivity contribution < 1.29 is 4.74 Å². The molecule has 2 aliphatic rings. The third-order valence-electron chi connectivity index (χ3n) is 2.80. The van der Waals surface area contributed by atoms with E-state index in [1.165, 1.54) is 0 Å². The maximum atomic E-state index is 6.08. The number of morpholine rings is 1. The second-order valence-electron chi connectivity index (χ2n) is 4.09. The minimum atomic E-state index is -0.512. The van der Waals surface area contributed by atoms with E-state index in [2.05, 4.69) is 15.8 Å². The molecule has 0 aromatic heterocycles. The zero-order valence-electron chi connectivity index (χ0n) is 8.83. The Kier molecular flexibility index (Phi) is 3.11. The van der Waals surface area contributed by atoms with E-state index in [1.54, 1.807) is 0 Å². The molecule has 0 aliphatic carbocycles. The van der Waals surface area contributed by atoms with Crippen molar-refractivity contribution in [2.45, 2.75) is 12.1 Å². The average molecular weight is 213 g/mol. The van der Waals surface area contributed by atoms with Gasteiger partial charge in [0.25, 0.3) is 0 Å². The lowest BCUT2D eigenvalue weighted by atomic mass is 10.1. The molecule has 1 fully saturated rings. The van der Waals surface area contributed by atoms with Crippen LogP contribution in [0.2, 0.25) is 0 Å². The van der Waals surface area contributed by atoms with Crippen LogP contribution in [0.1, 0.15) is 6.42 Å². The number of nitrogens with one attached hydrogen (secondary N) is 2. The zero-order chi connectivity index (χ0) is 10.7. The predicted molar refractivity (Wildman–Crippen MR) is 57.3 cm³/mol. The largest absolute Gasteiger partial charge is 0.385 e. The molecule has 1 saturated heterocycles. The summed E-state index contributed by atoms with van der Waals surface area (Å²) in [5.74, 6) is 0.597. The molecule has 0 radical (unpaired) electrons. The fourth-order valence-corrected chi connectivity index (χ4v) is 1.84. The summed E-state index contributed by atoms with van der Waals surface area (Å²) in [4.78, 5) is 2.35. The van der Waals surface area contributed by atoms with Gasteiger partial charge in [-0.05, 0) is 12.5 Å². The summed E-state index contributed by atoms with van der Waals surface area (Å²) in [5.41, 5.74) is 17.0. The maximum absolute atomic E-state index is 6.08. The second kappa shape index (κ2) is 4.36. The van der Waals surface area contributed by atoms with Gasteiger partial charge in [0.15, 0.2) is 0 Å². The molecule has 15 heavy (non-hydrogen) atoms. The van der Waals surface area contributed by atoms with Crippen LogP contribution in [0.3, 0.4) is 0 Å². The summed E-state index contributed by atoms with van der Waals surface area (Å²) < 4.78 is 5.28. The fourth-order valence-electron chi connectivity index (χ4n) is 1.84. The van der Waals surface area contributed by atoms with Gasteiger partial charge >= 0.3 is 0 Å². The zero-order valence-corrected chi connectivity index (χ0v) is 8.83. The first-order valence-electron chi connectivity index (χ1n) is 5.28. The Bertz CT molecular complexity index is 251. The van der Waals surface area contributed by atoms with Crippen molar-refractivity contribution in [1.29, 1.82) is 0 Å². The molecular formula is C9H19N5O. The number of nitrogens with two attached hydrogens (primary N) is 2. The van der Waals surface area contributed by atoms with Gasteiger partial charge in [0, 0.05) is 19.6 Å². The Hall–Kier alpha value is -0.820. The number of hydrogen-bond acceptors (Lipinski definition) is 6. The van der Waals surface area contributed by atoms with Gasteiger partial charge < -0.3 is 21.6 Å². The molecule has 0 saturated carbocycles. The van der Waals surface area contributed by atoms with Gasteiger partial charge in [0.2, 0.25) is 0 Å². The fraction of sp³-hybridized carbons (Fsp3) is 0.778. The van der Waals surface area contributed by atoms with Crippen molar-refractivity contribution in [1.82, 2.24) is 15.8 Å². The molecule has 0 bridgehead atoms. The topological polar surface area (TPSA) is 88.6 Å². The Balaban J connectivity index is 1.77. The lowest BCUT2D eigenvalue weighted by Gasteiger charge is -2.30. The average Bonchev–Trinajstić information content (AvgIpc) is 2.58. The Labute approximate surface area is 89.6 Å². The van der Waals surface area contributed by atoms with Gasteiger partial charge in [-0.1, -0.05) is 0 Å². The highest BCUT2D eigenvalue weighted by molar-refractivity contribution is 5.13. The summed E-state index contributed by atoms with van der Waals surface area (Å²) >= 11 is 0. The standard InChI is InChI=1S/C9H19N5O/c10-8-7-9(11,13-12-8)1-2-14-3-5-15-6-4-14/h7,12-13H,1-6,10-11H2. The van der Waals surface area contributed by atoms with E-state index in [0.29, 0.717) is 5.82 Å². The number of nitrogens with zero attached hydrogens (tertiary/aromatic N) is 1. The summed E-state index contributed by atoms with van der Waals surface area (Å²) in [7, 11) is 0. The third-order valence-corrected chi connectivity index (χ3v) is 2.80. The maximum Gasteiger partial charge on any atom is 0.110 e. The molecule has 0 spiro atoms. The summed E-state index contributed by atoms with van der Waals surface area (Å²) in [6.07, 6.45) is 2.66. The first-order chi connectivity index (χ1) is 7.18.